The van der Waals surface area contributed by atoms with Crippen LogP contribution in [0.3, 0.4) is 0 Å². The Morgan fingerprint density at radius 1 is 1.33 bits per heavy atom. The van der Waals surface area contributed by atoms with E-state index in [0.29, 0.717) is 5.69 Å². The number of carbonyl (C=O) groups excluding carboxylic acids is 1. The molecule has 1 aliphatic heterocycles. The molecule has 1 aromatic carbocycles. The van der Waals surface area contributed by atoms with E-state index in [1.165, 1.54) is 0 Å². The zero-order valence-electron chi connectivity index (χ0n) is 10.9. The van der Waals surface area contributed by atoms with Gasteiger partial charge in [0.05, 0.1) is 5.69 Å². The van der Waals surface area contributed by atoms with Gasteiger partial charge in [0.1, 0.15) is 5.75 Å². The number of benzene rings is 1. The maximum atomic E-state index is 12.0. The summed E-state index contributed by atoms with van der Waals surface area (Å²) in [5, 5.41) is 15.8. The first-order valence-electron chi connectivity index (χ1n) is 6.00. The summed E-state index contributed by atoms with van der Waals surface area (Å²) in [6.07, 6.45) is 0. The summed E-state index contributed by atoms with van der Waals surface area (Å²) in [4.78, 5) is 12.0. The molecule has 0 aliphatic carbocycles. The number of phenolic OH excluding ortho intramolecular Hbond substituents is 1. The van der Waals surface area contributed by atoms with E-state index in [0.717, 1.165) is 35.4 Å². The van der Waals surface area contributed by atoms with E-state index in [-0.39, 0.29) is 11.7 Å². The van der Waals surface area contributed by atoms with E-state index in [1.54, 1.807) is 6.07 Å². The van der Waals surface area contributed by atoms with Crippen LogP contribution in [0, 0.1) is 13.8 Å². The second kappa shape index (κ2) is 4.82. The largest absolute Gasteiger partial charge is 0.505 e. The van der Waals surface area contributed by atoms with Crippen molar-refractivity contribution >= 4 is 11.6 Å². The van der Waals surface area contributed by atoms with Crippen molar-refractivity contribution in [2.24, 2.45) is 0 Å². The van der Waals surface area contributed by atoms with Crippen molar-refractivity contribution in [2.45, 2.75) is 20.8 Å². The summed E-state index contributed by atoms with van der Waals surface area (Å²) in [5.41, 5.74) is 4.10. The number of amides is 1. The lowest BCUT2D eigenvalue weighted by molar-refractivity contribution is -0.112. The molecule has 4 nitrogen and oxygen atoms in total. The standard InChI is InChI=1S/C14H18N2O2/c1-8-4-9(2)13(17)12(5-8)16-14(18)10(3)11-6-15-7-11/h4-5,15,17H,6-7H2,1-3H3,(H,16,18). The van der Waals surface area contributed by atoms with Gasteiger partial charge >= 0.3 is 0 Å². The molecule has 0 bridgehead atoms. The Morgan fingerprint density at radius 3 is 2.56 bits per heavy atom. The van der Waals surface area contributed by atoms with Crippen molar-refractivity contribution in [3.05, 3.63) is 34.4 Å². The summed E-state index contributed by atoms with van der Waals surface area (Å²) in [6, 6.07) is 3.66. The van der Waals surface area contributed by atoms with Crippen molar-refractivity contribution in [1.82, 2.24) is 5.32 Å². The van der Waals surface area contributed by atoms with Gasteiger partial charge in [0, 0.05) is 18.7 Å². The summed E-state index contributed by atoms with van der Waals surface area (Å²) in [5.74, 6) is -0.00900. The van der Waals surface area contributed by atoms with Crippen LogP contribution in [0.25, 0.3) is 0 Å². The first kappa shape index (κ1) is 12.6. The van der Waals surface area contributed by atoms with Crippen molar-refractivity contribution in [3.8, 4) is 5.75 Å². The van der Waals surface area contributed by atoms with Crippen LogP contribution in [0.4, 0.5) is 5.69 Å². The fourth-order valence-corrected chi connectivity index (χ4v) is 1.95. The van der Waals surface area contributed by atoms with E-state index < -0.39 is 0 Å². The van der Waals surface area contributed by atoms with E-state index in [9.17, 15) is 9.90 Å². The lowest BCUT2D eigenvalue weighted by Gasteiger charge is -2.21. The number of aryl methyl sites for hydroxylation is 2. The topological polar surface area (TPSA) is 61.4 Å². The highest BCUT2D eigenvalue weighted by atomic mass is 16.3. The molecule has 2 rings (SSSR count). The number of hydrogen-bond donors (Lipinski definition) is 3. The van der Waals surface area contributed by atoms with E-state index in [4.69, 9.17) is 0 Å². The molecular weight excluding hydrogens is 228 g/mol. The second-order valence-corrected chi connectivity index (χ2v) is 4.76. The summed E-state index contributed by atoms with van der Waals surface area (Å²) in [6.45, 7) is 7.11. The third-order valence-electron chi connectivity index (χ3n) is 3.24. The lowest BCUT2D eigenvalue weighted by atomic mass is 10.0. The number of anilines is 1. The monoisotopic (exact) mass is 246 g/mol. The Labute approximate surface area is 107 Å². The smallest absolute Gasteiger partial charge is 0.251 e. The number of rotatable bonds is 2. The second-order valence-electron chi connectivity index (χ2n) is 4.76. The van der Waals surface area contributed by atoms with Gasteiger partial charge in [-0.15, -0.1) is 0 Å². The highest BCUT2D eigenvalue weighted by Gasteiger charge is 2.17. The molecule has 1 aromatic rings. The predicted octanol–water partition coefficient (Wildman–Crippen LogP) is 1.87. The molecule has 1 amide bonds. The van der Waals surface area contributed by atoms with Gasteiger partial charge in [-0.05, 0) is 43.5 Å². The third kappa shape index (κ3) is 2.38. The van der Waals surface area contributed by atoms with Crippen LogP contribution in [-0.2, 0) is 4.79 Å². The van der Waals surface area contributed by atoms with Gasteiger partial charge in [-0.2, -0.15) is 0 Å². The van der Waals surface area contributed by atoms with Crippen LogP contribution in [0.2, 0.25) is 0 Å². The van der Waals surface area contributed by atoms with Gasteiger partial charge < -0.3 is 15.7 Å². The summed E-state index contributed by atoms with van der Waals surface area (Å²) < 4.78 is 0. The van der Waals surface area contributed by atoms with Crippen LogP contribution in [0.15, 0.2) is 23.3 Å². The van der Waals surface area contributed by atoms with Crippen LogP contribution >= 0.6 is 0 Å². The van der Waals surface area contributed by atoms with Gasteiger partial charge in [-0.25, -0.2) is 0 Å². The van der Waals surface area contributed by atoms with Gasteiger partial charge in [0.15, 0.2) is 0 Å². The molecule has 1 saturated heterocycles. The number of carbonyl (C=O) groups is 1. The first-order chi connectivity index (χ1) is 8.49. The normalized spacial score (nSPS) is 14.1. The predicted molar refractivity (Wildman–Crippen MR) is 71.8 cm³/mol. The fourth-order valence-electron chi connectivity index (χ4n) is 1.95. The van der Waals surface area contributed by atoms with E-state index in [1.807, 2.05) is 26.8 Å². The quantitative estimate of drug-likeness (QED) is 0.551. The van der Waals surface area contributed by atoms with Crippen LogP contribution in [-0.4, -0.2) is 24.1 Å². The van der Waals surface area contributed by atoms with Crippen LogP contribution < -0.4 is 10.6 Å². The molecule has 0 saturated carbocycles. The average Bonchev–Trinajstić information content (AvgIpc) is 2.22. The van der Waals surface area contributed by atoms with Crippen molar-refractivity contribution in [1.29, 1.82) is 0 Å². The number of nitrogens with one attached hydrogen (secondary N) is 2. The van der Waals surface area contributed by atoms with Crippen LogP contribution in [0.5, 0.6) is 5.75 Å². The number of hydrogen-bond acceptors (Lipinski definition) is 3. The molecule has 4 heteroatoms. The van der Waals surface area contributed by atoms with Gasteiger partial charge in [-0.3, -0.25) is 4.79 Å². The zero-order chi connectivity index (χ0) is 13.3. The van der Waals surface area contributed by atoms with Gasteiger partial charge in [0.25, 0.3) is 5.91 Å². The Balaban J connectivity index is 2.22. The Morgan fingerprint density at radius 2 is 2.00 bits per heavy atom. The minimum absolute atomic E-state index is 0.137. The minimum Gasteiger partial charge on any atom is -0.505 e. The molecular formula is C14H18N2O2. The Kier molecular flexibility index (Phi) is 3.39. The fraction of sp³-hybridized carbons (Fsp3) is 0.357. The minimum atomic E-state index is -0.146. The van der Waals surface area contributed by atoms with E-state index in [2.05, 4.69) is 10.6 Å². The molecule has 18 heavy (non-hydrogen) atoms. The molecule has 0 unspecified atom stereocenters. The molecule has 0 radical (unpaired) electrons. The number of aromatic hydroxyl groups is 1. The zero-order valence-corrected chi connectivity index (χ0v) is 10.9. The first-order valence-corrected chi connectivity index (χ1v) is 6.00. The summed E-state index contributed by atoms with van der Waals surface area (Å²) in [7, 11) is 0. The maximum Gasteiger partial charge on any atom is 0.251 e. The molecule has 0 spiro atoms. The SMILES string of the molecule is CC(C(=O)Nc1cc(C)cc(C)c1O)=C1CNC1. The molecule has 1 fully saturated rings. The van der Waals surface area contributed by atoms with Crippen molar-refractivity contribution < 1.29 is 9.90 Å². The lowest BCUT2D eigenvalue weighted by Crippen LogP contribution is -2.36. The van der Waals surface area contributed by atoms with Gasteiger partial charge in [0.2, 0.25) is 0 Å². The maximum absolute atomic E-state index is 12.0. The van der Waals surface area contributed by atoms with Gasteiger partial charge in [-0.1, -0.05) is 6.07 Å². The molecule has 96 valence electrons. The van der Waals surface area contributed by atoms with E-state index >= 15 is 0 Å². The molecule has 1 heterocycles. The Hall–Kier alpha value is -1.81. The van der Waals surface area contributed by atoms with Crippen LogP contribution in [0.1, 0.15) is 18.1 Å². The summed E-state index contributed by atoms with van der Waals surface area (Å²) >= 11 is 0. The highest BCUT2D eigenvalue weighted by Crippen LogP contribution is 2.29. The molecule has 1 aliphatic rings. The molecule has 0 atom stereocenters. The molecule has 0 aromatic heterocycles. The average molecular weight is 246 g/mol. The highest BCUT2D eigenvalue weighted by molar-refractivity contribution is 6.05. The number of phenols is 1. The molecule has 3 N–H and O–H groups in total. The third-order valence-corrected chi connectivity index (χ3v) is 3.24. The van der Waals surface area contributed by atoms with Crippen molar-refractivity contribution in [2.75, 3.05) is 18.4 Å². The van der Waals surface area contributed by atoms with Crippen molar-refractivity contribution in [3.63, 3.8) is 0 Å². The Bertz CT molecular complexity index is 527.